The van der Waals surface area contributed by atoms with Crippen molar-refractivity contribution in [1.29, 1.82) is 0 Å². The molecule has 0 aromatic rings. The van der Waals surface area contributed by atoms with Gasteiger partial charge in [0, 0.05) is 44.8 Å². The summed E-state index contributed by atoms with van der Waals surface area (Å²) in [5, 5.41) is 7.20. The number of ether oxygens (including phenoxy) is 1. The van der Waals surface area contributed by atoms with Crippen LogP contribution in [0, 0.1) is 5.92 Å². The average Bonchev–Trinajstić information content (AvgIpc) is 2.73. The van der Waals surface area contributed by atoms with E-state index in [0.29, 0.717) is 18.0 Å². The molecule has 0 aliphatic carbocycles. The quantitative estimate of drug-likeness (QED) is 0.440. The fourth-order valence-electron chi connectivity index (χ4n) is 4.62. The van der Waals surface area contributed by atoms with Crippen molar-refractivity contribution < 1.29 is 4.74 Å². The average molecular weight is 396 g/mol. The zero-order valence-corrected chi connectivity index (χ0v) is 18.9. The normalized spacial score (nSPS) is 21.8. The number of guanidine groups is 1. The van der Waals surface area contributed by atoms with Crippen LogP contribution in [0.1, 0.15) is 59.8 Å². The molecule has 6 nitrogen and oxygen atoms in total. The third-order valence-corrected chi connectivity index (χ3v) is 6.36. The highest BCUT2D eigenvalue weighted by Gasteiger charge is 2.27. The second-order valence-electron chi connectivity index (χ2n) is 8.27. The van der Waals surface area contributed by atoms with Gasteiger partial charge in [-0.15, -0.1) is 0 Å². The van der Waals surface area contributed by atoms with Crippen molar-refractivity contribution in [3.63, 3.8) is 0 Å². The Hall–Kier alpha value is -0.850. The third kappa shape index (κ3) is 7.53. The molecule has 2 heterocycles. The van der Waals surface area contributed by atoms with E-state index >= 15 is 0 Å². The highest BCUT2D eigenvalue weighted by atomic mass is 16.5. The molecule has 2 N–H and O–H groups in total. The molecule has 2 aliphatic rings. The Kier molecular flexibility index (Phi) is 11.2. The second-order valence-corrected chi connectivity index (χ2v) is 8.27. The summed E-state index contributed by atoms with van der Waals surface area (Å²) in [5.41, 5.74) is 0. The maximum Gasteiger partial charge on any atom is 0.191 e. The molecular weight excluding hydrogens is 350 g/mol. The number of likely N-dealkylation sites (tertiary alicyclic amines) is 1. The van der Waals surface area contributed by atoms with Crippen LogP contribution in [-0.4, -0.2) is 86.9 Å². The SMILES string of the molecule is CCCN1CCC(NC(=NCC(C(CC)CC)N2CCOCC2)NCC)CC1. The van der Waals surface area contributed by atoms with E-state index in [1.165, 1.54) is 51.7 Å². The van der Waals surface area contributed by atoms with Crippen LogP contribution in [0.4, 0.5) is 0 Å². The molecule has 6 heteroatoms. The van der Waals surface area contributed by atoms with Crippen molar-refractivity contribution in [2.45, 2.75) is 71.9 Å². The molecule has 0 saturated carbocycles. The maximum absolute atomic E-state index is 5.58. The zero-order valence-electron chi connectivity index (χ0n) is 18.9. The Morgan fingerprint density at radius 1 is 1.04 bits per heavy atom. The van der Waals surface area contributed by atoms with Crippen molar-refractivity contribution >= 4 is 5.96 Å². The first-order chi connectivity index (χ1) is 13.7. The number of morpholine rings is 1. The van der Waals surface area contributed by atoms with E-state index in [1.54, 1.807) is 0 Å². The lowest BCUT2D eigenvalue weighted by Crippen LogP contribution is -2.51. The van der Waals surface area contributed by atoms with Gasteiger partial charge in [0.25, 0.3) is 0 Å². The zero-order chi connectivity index (χ0) is 20.2. The summed E-state index contributed by atoms with van der Waals surface area (Å²) in [4.78, 5) is 10.2. The summed E-state index contributed by atoms with van der Waals surface area (Å²) in [6, 6.07) is 1.06. The molecule has 164 valence electrons. The Labute approximate surface area is 173 Å². The van der Waals surface area contributed by atoms with E-state index in [0.717, 1.165) is 45.4 Å². The topological polar surface area (TPSA) is 52.1 Å². The fraction of sp³-hybridized carbons (Fsp3) is 0.955. The number of nitrogens with one attached hydrogen (secondary N) is 2. The molecule has 0 bridgehead atoms. The minimum atomic E-state index is 0.515. The van der Waals surface area contributed by atoms with Gasteiger partial charge in [0.2, 0.25) is 0 Å². The maximum atomic E-state index is 5.58. The van der Waals surface area contributed by atoms with Crippen molar-refractivity contribution in [3.05, 3.63) is 0 Å². The molecule has 0 radical (unpaired) electrons. The van der Waals surface area contributed by atoms with Gasteiger partial charge in [-0.25, -0.2) is 0 Å². The molecule has 2 saturated heterocycles. The number of piperidine rings is 1. The van der Waals surface area contributed by atoms with Crippen molar-refractivity contribution in [3.8, 4) is 0 Å². The molecule has 28 heavy (non-hydrogen) atoms. The van der Waals surface area contributed by atoms with Gasteiger partial charge < -0.3 is 20.3 Å². The Morgan fingerprint density at radius 3 is 2.29 bits per heavy atom. The largest absolute Gasteiger partial charge is 0.379 e. The first-order valence-corrected chi connectivity index (χ1v) is 11.8. The lowest BCUT2D eigenvalue weighted by molar-refractivity contribution is 0.00394. The Morgan fingerprint density at radius 2 is 1.71 bits per heavy atom. The van der Waals surface area contributed by atoms with E-state index < -0.39 is 0 Å². The van der Waals surface area contributed by atoms with Crippen LogP contribution >= 0.6 is 0 Å². The van der Waals surface area contributed by atoms with E-state index in [9.17, 15) is 0 Å². The van der Waals surface area contributed by atoms with Gasteiger partial charge in [0.1, 0.15) is 0 Å². The predicted molar refractivity (Wildman–Crippen MR) is 119 cm³/mol. The van der Waals surface area contributed by atoms with Gasteiger partial charge >= 0.3 is 0 Å². The van der Waals surface area contributed by atoms with Crippen molar-refractivity contribution in [2.75, 3.05) is 59.0 Å². The summed E-state index contributed by atoms with van der Waals surface area (Å²) < 4.78 is 5.58. The number of aliphatic imine (C=N–C) groups is 1. The van der Waals surface area contributed by atoms with Crippen LogP contribution in [0.15, 0.2) is 4.99 Å². The van der Waals surface area contributed by atoms with Gasteiger partial charge in [0.05, 0.1) is 19.8 Å². The summed E-state index contributed by atoms with van der Waals surface area (Å²) >= 11 is 0. The highest BCUT2D eigenvalue weighted by molar-refractivity contribution is 5.80. The molecule has 1 atom stereocenters. The van der Waals surface area contributed by atoms with Gasteiger partial charge in [-0.1, -0.05) is 33.6 Å². The molecule has 1 unspecified atom stereocenters. The summed E-state index contributed by atoms with van der Waals surface area (Å²) in [5.74, 6) is 1.70. The third-order valence-electron chi connectivity index (χ3n) is 6.36. The van der Waals surface area contributed by atoms with Crippen LogP contribution in [-0.2, 0) is 4.74 Å². The molecule has 0 aromatic carbocycles. The Bertz CT molecular complexity index is 427. The van der Waals surface area contributed by atoms with Gasteiger partial charge in [-0.05, 0) is 38.6 Å². The summed E-state index contributed by atoms with van der Waals surface area (Å²) in [6.07, 6.45) is 6.11. The minimum Gasteiger partial charge on any atom is -0.379 e. The van der Waals surface area contributed by atoms with E-state index in [4.69, 9.17) is 9.73 Å². The number of hydrogen-bond donors (Lipinski definition) is 2. The van der Waals surface area contributed by atoms with Crippen LogP contribution < -0.4 is 10.6 Å². The van der Waals surface area contributed by atoms with Gasteiger partial charge in [-0.3, -0.25) is 9.89 Å². The number of hydrogen-bond acceptors (Lipinski definition) is 4. The smallest absolute Gasteiger partial charge is 0.191 e. The molecule has 2 aliphatic heterocycles. The van der Waals surface area contributed by atoms with E-state index in [-0.39, 0.29) is 0 Å². The molecule has 0 amide bonds. The van der Waals surface area contributed by atoms with Crippen LogP contribution in [0.5, 0.6) is 0 Å². The molecule has 0 spiro atoms. The molecule has 0 aromatic heterocycles. The summed E-state index contributed by atoms with van der Waals surface area (Å²) in [7, 11) is 0. The lowest BCUT2D eigenvalue weighted by Gasteiger charge is -2.38. The van der Waals surface area contributed by atoms with Gasteiger partial charge in [-0.2, -0.15) is 0 Å². The van der Waals surface area contributed by atoms with Crippen molar-refractivity contribution in [2.24, 2.45) is 10.9 Å². The monoisotopic (exact) mass is 395 g/mol. The molecule has 2 fully saturated rings. The Balaban J connectivity index is 1.95. The standard InChI is InChI=1S/C22H45N5O/c1-5-11-26-12-9-20(10-13-26)25-22(23-8-4)24-18-21(19(6-2)7-3)27-14-16-28-17-15-27/h19-21H,5-18H2,1-4H3,(H2,23,24,25). The first kappa shape index (κ1) is 23.4. The minimum absolute atomic E-state index is 0.515. The van der Waals surface area contributed by atoms with Gasteiger partial charge in [0.15, 0.2) is 5.96 Å². The van der Waals surface area contributed by atoms with E-state index in [1.807, 2.05) is 0 Å². The number of nitrogens with zero attached hydrogens (tertiary/aromatic N) is 3. The second kappa shape index (κ2) is 13.4. The van der Waals surface area contributed by atoms with Crippen LogP contribution in [0.3, 0.4) is 0 Å². The molecule has 2 rings (SSSR count). The van der Waals surface area contributed by atoms with Crippen LogP contribution in [0.2, 0.25) is 0 Å². The number of rotatable bonds is 10. The van der Waals surface area contributed by atoms with Crippen LogP contribution in [0.25, 0.3) is 0 Å². The lowest BCUT2D eigenvalue weighted by atomic mass is 9.92. The van der Waals surface area contributed by atoms with E-state index in [2.05, 4.69) is 48.1 Å². The highest BCUT2D eigenvalue weighted by Crippen LogP contribution is 2.20. The molecular formula is C22H45N5O. The fourth-order valence-corrected chi connectivity index (χ4v) is 4.62. The first-order valence-electron chi connectivity index (χ1n) is 11.8. The van der Waals surface area contributed by atoms with Crippen molar-refractivity contribution in [1.82, 2.24) is 20.4 Å². The summed E-state index contributed by atoms with van der Waals surface area (Å²) in [6.45, 7) is 18.3. The predicted octanol–water partition coefficient (Wildman–Crippen LogP) is 2.55.